The number of carboxylic acid groups (broad SMARTS) is 1. The molecular formula is C19H14N6O4S. The average molecular weight is 422 g/mol. The predicted octanol–water partition coefficient (Wildman–Crippen LogP) is 4.49. The van der Waals surface area contributed by atoms with Crippen LogP contribution in [0, 0.1) is 17.0 Å². The van der Waals surface area contributed by atoms with Crippen LogP contribution >= 0.6 is 11.3 Å². The van der Waals surface area contributed by atoms with Crippen LogP contribution < -0.4 is 10.6 Å². The van der Waals surface area contributed by atoms with Crippen molar-refractivity contribution in [3.05, 3.63) is 70.0 Å². The fraction of sp³-hybridized carbons (Fsp3) is 0.0526. The number of nitrogens with one attached hydrogen (secondary N) is 2. The zero-order valence-corrected chi connectivity index (χ0v) is 16.3. The van der Waals surface area contributed by atoms with Crippen molar-refractivity contribution in [1.29, 1.82) is 0 Å². The predicted molar refractivity (Wildman–Crippen MR) is 113 cm³/mol. The van der Waals surface area contributed by atoms with Crippen LogP contribution in [0.1, 0.15) is 15.9 Å². The van der Waals surface area contributed by atoms with Gasteiger partial charge in [-0.1, -0.05) is 23.5 Å². The van der Waals surface area contributed by atoms with Gasteiger partial charge in [-0.2, -0.15) is 0 Å². The molecule has 4 aromatic rings. The Morgan fingerprint density at radius 3 is 2.43 bits per heavy atom. The fourth-order valence-corrected chi connectivity index (χ4v) is 3.75. The van der Waals surface area contributed by atoms with Gasteiger partial charge in [0.2, 0.25) is 11.6 Å². The van der Waals surface area contributed by atoms with Crippen molar-refractivity contribution in [3.63, 3.8) is 0 Å². The Labute approximate surface area is 173 Å². The Morgan fingerprint density at radius 1 is 1.10 bits per heavy atom. The molecule has 0 bridgehead atoms. The van der Waals surface area contributed by atoms with Crippen molar-refractivity contribution >= 4 is 55.7 Å². The Kier molecular flexibility index (Phi) is 4.94. The molecule has 0 saturated heterocycles. The van der Waals surface area contributed by atoms with Crippen molar-refractivity contribution in [2.45, 2.75) is 6.92 Å². The van der Waals surface area contributed by atoms with E-state index in [1.54, 1.807) is 0 Å². The first-order valence-corrected chi connectivity index (χ1v) is 9.47. The van der Waals surface area contributed by atoms with E-state index >= 15 is 0 Å². The summed E-state index contributed by atoms with van der Waals surface area (Å²) in [6, 6.07) is 11.6. The lowest BCUT2D eigenvalue weighted by atomic mass is 10.2. The van der Waals surface area contributed by atoms with Crippen molar-refractivity contribution in [3.8, 4) is 0 Å². The number of para-hydroxylation sites is 1. The number of thiazole rings is 1. The molecule has 30 heavy (non-hydrogen) atoms. The first-order chi connectivity index (χ1) is 14.4. The van der Waals surface area contributed by atoms with Gasteiger partial charge in [-0.3, -0.25) is 10.1 Å². The minimum atomic E-state index is -1.06. The van der Waals surface area contributed by atoms with Crippen LogP contribution in [0.2, 0.25) is 0 Å². The highest BCUT2D eigenvalue weighted by atomic mass is 32.1. The molecule has 0 atom stereocenters. The number of aryl methyl sites for hydroxylation is 1. The topological polar surface area (TPSA) is 143 Å². The highest BCUT2D eigenvalue weighted by molar-refractivity contribution is 7.22. The van der Waals surface area contributed by atoms with E-state index in [1.165, 1.54) is 41.9 Å². The van der Waals surface area contributed by atoms with Gasteiger partial charge in [-0.05, 0) is 42.8 Å². The molecule has 0 amide bonds. The summed E-state index contributed by atoms with van der Waals surface area (Å²) in [6.45, 7) is 1.94. The van der Waals surface area contributed by atoms with Gasteiger partial charge in [-0.15, -0.1) is 0 Å². The normalized spacial score (nSPS) is 10.7. The number of carbonyl (C=O) groups is 1. The van der Waals surface area contributed by atoms with E-state index in [4.69, 9.17) is 5.11 Å². The first-order valence-electron chi connectivity index (χ1n) is 8.65. The number of hydrogen-bond donors (Lipinski definition) is 3. The Morgan fingerprint density at radius 2 is 1.80 bits per heavy atom. The van der Waals surface area contributed by atoms with Gasteiger partial charge in [0.25, 0.3) is 0 Å². The summed E-state index contributed by atoms with van der Waals surface area (Å²) in [5.74, 6) is -1.10. The van der Waals surface area contributed by atoms with E-state index in [2.05, 4.69) is 25.6 Å². The van der Waals surface area contributed by atoms with E-state index in [9.17, 15) is 14.9 Å². The van der Waals surface area contributed by atoms with E-state index in [-0.39, 0.29) is 22.9 Å². The molecular weight excluding hydrogens is 408 g/mol. The molecule has 0 fully saturated rings. The fourth-order valence-electron chi connectivity index (χ4n) is 2.81. The molecule has 2 heterocycles. The Hall–Kier alpha value is -4.12. The summed E-state index contributed by atoms with van der Waals surface area (Å²) < 4.78 is 0.950. The molecule has 0 aliphatic rings. The molecule has 2 aromatic carbocycles. The number of benzene rings is 2. The summed E-state index contributed by atoms with van der Waals surface area (Å²) in [7, 11) is 0. The third-order valence-electron chi connectivity index (χ3n) is 4.25. The van der Waals surface area contributed by atoms with Crippen LogP contribution in [0.25, 0.3) is 10.2 Å². The quantitative estimate of drug-likeness (QED) is 0.302. The lowest BCUT2D eigenvalue weighted by Gasteiger charge is -2.09. The minimum absolute atomic E-state index is 0.00337. The molecule has 0 unspecified atom stereocenters. The van der Waals surface area contributed by atoms with Gasteiger partial charge in [0, 0.05) is 5.69 Å². The Bertz CT molecular complexity index is 1270. The number of rotatable bonds is 6. The summed E-state index contributed by atoms with van der Waals surface area (Å²) in [5, 5.41) is 27.0. The Balaban J connectivity index is 1.67. The van der Waals surface area contributed by atoms with E-state index in [0.29, 0.717) is 10.8 Å². The molecule has 4 rings (SSSR count). The van der Waals surface area contributed by atoms with Gasteiger partial charge < -0.3 is 15.7 Å². The van der Waals surface area contributed by atoms with Gasteiger partial charge >= 0.3 is 11.7 Å². The number of nitrogens with zero attached hydrogens (tertiary/aromatic N) is 4. The molecule has 10 nitrogen and oxygen atoms in total. The molecule has 0 saturated carbocycles. The number of aromatic nitrogens is 3. The van der Waals surface area contributed by atoms with E-state index in [0.717, 1.165) is 15.8 Å². The SMILES string of the molecule is Cc1cccc2sc(Nc3ncnc(Nc4ccc(C(=O)O)cc4)c3[N+](=O)[O-])nc12. The highest BCUT2D eigenvalue weighted by Crippen LogP contribution is 2.35. The van der Waals surface area contributed by atoms with Crippen LogP contribution in [-0.4, -0.2) is 31.0 Å². The molecule has 0 aliphatic heterocycles. The number of aromatic carboxylic acids is 1. The van der Waals surface area contributed by atoms with Crippen molar-refractivity contribution < 1.29 is 14.8 Å². The third kappa shape index (κ3) is 3.73. The molecule has 0 radical (unpaired) electrons. The summed E-state index contributed by atoms with van der Waals surface area (Å²) >= 11 is 1.36. The smallest absolute Gasteiger partial charge is 0.353 e. The van der Waals surface area contributed by atoms with Crippen molar-refractivity contribution in [2.24, 2.45) is 0 Å². The zero-order valence-electron chi connectivity index (χ0n) is 15.5. The van der Waals surface area contributed by atoms with Crippen LogP contribution in [-0.2, 0) is 0 Å². The highest BCUT2D eigenvalue weighted by Gasteiger charge is 2.24. The van der Waals surface area contributed by atoms with Gasteiger partial charge in [0.1, 0.15) is 6.33 Å². The third-order valence-corrected chi connectivity index (χ3v) is 5.18. The van der Waals surface area contributed by atoms with Crippen LogP contribution in [0.3, 0.4) is 0 Å². The second kappa shape index (κ2) is 7.72. The molecule has 0 spiro atoms. The number of nitro groups is 1. The van der Waals surface area contributed by atoms with Crippen LogP contribution in [0.5, 0.6) is 0 Å². The number of hydrogen-bond acceptors (Lipinski definition) is 9. The minimum Gasteiger partial charge on any atom is -0.478 e. The maximum Gasteiger partial charge on any atom is 0.353 e. The molecule has 2 aromatic heterocycles. The molecule has 0 aliphatic carbocycles. The molecule has 150 valence electrons. The average Bonchev–Trinajstić information content (AvgIpc) is 3.12. The summed E-state index contributed by atoms with van der Waals surface area (Å²) in [6.07, 6.45) is 1.20. The van der Waals surface area contributed by atoms with Gasteiger partial charge in [0.05, 0.1) is 20.7 Å². The summed E-state index contributed by atoms with van der Waals surface area (Å²) in [5.41, 5.74) is 2.02. The van der Waals surface area contributed by atoms with Crippen molar-refractivity contribution in [2.75, 3.05) is 10.6 Å². The number of carboxylic acids is 1. The largest absolute Gasteiger partial charge is 0.478 e. The molecule has 11 heteroatoms. The summed E-state index contributed by atoms with van der Waals surface area (Å²) in [4.78, 5) is 34.6. The maximum atomic E-state index is 11.7. The second-order valence-electron chi connectivity index (χ2n) is 6.25. The van der Waals surface area contributed by atoms with Crippen LogP contribution in [0.15, 0.2) is 48.8 Å². The second-order valence-corrected chi connectivity index (χ2v) is 7.28. The first kappa shape index (κ1) is 19.2. The van der Waals surface area contributed by atoms with Crippen LogP contribution in [0.4, 0.5) is 28.1 Å². The number of anilines is 4. The van der Waals surface area contributed by atoms with Gasteiger partial charge in [0.15, 0.2) is 5.13 Å². The van der Waals surface area contributed by atoms with Gasteiger partial charge in [-0.25, -0.2) is 19.7 Å². The lowest BCUT2D eigenvalue weighted by molar-refractivity contribution is -0.383. The number of fused-ring (bicyclic) bond motifs is 1. The zero-order chi connectivity index (χ0) is 21.3. The van der Waals surface area contributed by atoms with E-state index in [1.807, 2.05) is 25.1 Å². The molecule has 3 N–H and O–H groups in total. The standard InChI is InChI=1S/C19H14N6O4S/c1-10-3-2-4-13-14(10)23-19(30-13)24-17-15(25(28)29)16(20-9-21-17)22-12-7-5-11(6-8-12)18(26)27/h2-9H,1H3,(H,26,27)(H2,20,21,22,23,24). The maximum absolute atomic E-state index is 11.7. The van der Waals surface area contributed by atoms with Crippen molar-refractivity contribution in [1.82, 2.24) is 15.0 Å². The lowest BCUT2D eigenvalue weighted by Crippen LogP contribution is -2.05. The van der Waals surface area contributed by atoms with E-state index < -0.39 is 10.9 Å². The monoisotopic (exact) mass is 422 g/mol.